The van der Waals surface area contributed by atoms with Crippen LogP contribution in [0.15, 0.2) is 24.3 Å². The van der Waals surface area contributed by atoms with Gasteiger partial charge in [0, 0.05) is 18.3 Å². The van der Waals surface area contributed by atoms with E-state index in [2.05, 4.69) is 10.6 Å². The number of halogens is 3. The van der Waals surface area contributed by atoms with Gasteiger partial charge in [-0.1, -0.05) is 6.92 Å². The van der Waals surface area contributed by atoms with E-state index in [1.807, 2.05) is 6.92 Å². The van der Waals surface area contributed by atoms with Crippen molar-refractivity contribution in [2.24, 2.45) is 0 Å². The van der Waals surface area contributed by atoms with E-state index in [9.17, 15) is 18.0 Å². The zero-order valence-corrected chi connectivity index (χ0v) is 11.0. The summed E-state index contributed by atoms with van der Waals surface area (Å²) in [6.45, 7) is 1.82. The first-order valence-corrected chi connectivity index (χ1v) is 6.22. The number of urea groups is 1. The van der Waals surface area contributed by atoms with Gasteiger partial charge in [0.25, 0.3) is 0 Å². The topological polar surface area (TPSA) is 61.4 Å². The second kappa shape index (κ2) is 7.14. The van der Waals surface area contributed by atoms with Crippen LogP contribution in [0.4, 0.5) is 23.7 Å². The number of nitrogens with one attached hydrogen (secondary N) is 2. The summed E-state index contributed by atoms with van der Waals surface area (Å²) in [5, 5.41) is 13.9. The highest BCUT2D eigenvalue weighted by Crippen LogP contribution is 2.29. The molecule has 1 atom stereocenters. The lowest BCUT2D eigenvalue weighted by Crippen LogP contribution is -2.38. The van der Waals surface area contributed by atoms with Crippen molar-refractivity contribution in [1.82, 2.24) is 5.32 Å². The molecule has 4 nitrogen and oxygen atoms in total. The maximum Gasteiger partial charge on any atom is 0.416 e. The molecule has 0 aliphatic carbocycles. The third-order valence-corrected chi connectivity index (χ3v) is 2.78. The molecule has 20 heavy (non-hydrogen) atoms. The first-order valence-electron chi connectivity index (χ1n) is 6.22. The van der Waals surface area contributed by atoms with Crippen LogP contribution in [0.2, 0.25) is 0 Å². The fourth-order valence-corrected chi connectivity index (χ4v) is 1.63. The zero-order chi connectivity index (χ0) is 15.2. The van der Waals surface area contributed by atoms with Crippen molar-refractivity contribution in [2.75, 3.05) is 11.9 Å². The van der Waals surface area contributed by atoms with Crippen LogP contribution in [0.1, 0.15) is 25.3 Å². The SMILES string of the molecule is CCC(CCO)NC(=O)Nc1ccc(C(F)(F)F)cc1. The van der Waals surface area contributed by atoms with Crippen LogP contribution in [0.5, 0.6) is 0 Å². The molecule has 0 aromatic heterocycles. The average molecular weight is 290 g/mol. The number of hydrogen-bond acceptors (Lipinski definition) is 2. The quantitative estimate of drug-likeness (QED) is 0.780. The summed E-state index contributed by atoms with van der Waals surface area (Å²) in [4.78, 5) is 11.6. The summed E-state index contributed by atoms with van der Waals surface area (Å²) < 4.78 is 37.1. The normalized spacial score (nSPS) is 12.8. The van der Waals surface area contributed by atoms with E-state index in [-0.39, 0.29) is 18.3 Å². The molecule has 1 aromatic carbocycles. The van der Waals surface area contributed by atoms with Gasteiger partial charge in [0.1, 0.15) is 0 Å². The molecule has 0 radical (unpaired) electrons. The summed E-state index contributed by atoms with van der Waals surface area (Å²) in [7, 11) is 0. The van der Waals surface area contributed by atoms with Crippen molar-refractivity contribution >= 4 is 11.7 Å². The molecule has 1 aromatic rings. The maximum absolute atomic E-state index is 12.4. The Bertz CT molecular complexity index is 432. The molecule has 7 heteroatoms. The minimum atomic E-state index is -4.39. The van der Waals surface area contributed by atoms with Crippen molar-refractivity contribution in [3.63, 3.8) is 0 Å². The van der Waals surface area contributed by atoms with Crippen molar-refractivity contribution in [2.45, 2.75) is 32.0 Å². The van der Waals surface area contributed by atoms with E-state index >= 15 is 0 Å². The average Bonchev–Trinajstić information content (AvgIpc) is 2.37. The van der Waals surface area contributed by atoms with Crippen LogP contribution in [-0.2, 0) is 6.18 Å². The molecule has 1 unspecified atom stereocenters. The van der Waals surface area contributed by atoms with Gasteiger partial charge in [0.15, 0.2) is 0 Å². The molecule has 0 spiro atoms. The highest BCUT2D eigenvalue weighted by Gasteiger charge is 2.29. The van der Waals surface area contributed by atoms with Gasteiger partial charge in [0.2, 0.25) is 0 Å². The number of alkyl halides is 3. The summed E-state index contributed by atoms with van der Waals surface area (Å²) in [6, 6.07) is 3.51. The molecular formula is C13H17F3N2O2. The lowest BCUT2D eigenvalue weighted by atomic mass is 10.1. The molecule has 3 N–H and O–H groups in total. The van der Waals surface area contributed by atoms with E-state index in [1.54, 1.807) is 0 Å². The molecule has 0 bridgehead atoms. The minimum absolute atomic E-state index is 0.0426. The third-order valence-electron chi connectivity index (χ3n) is 2.78. The molecule has 0 aliphatic rings. The van der Waals surface area contributed by atoms with Gasteiger partial charge in [-0.15, -0.1) is 0 Å². The molecule has 0 fully saturated rings. The number of amides is 2. The smallest absolute Gasteiger partial charge is 0.396 e. The zero-order valence-electron chi connectivity index (χ0n) is 11.0. The first-order chi connectivity index (χ1) is 9.36. The van der Waals surface area contributed by atoms with Gasteiger partial charge in [-0.25, -0.2) is 4.79 Å². The molecule has 1 rings (SSSR count). The van der Waals surface area contributed by atoms with Crippen molar-refractivity contribution in [1.29, 1.82) is 0 Å². The molecule has 2 amide bonds. The van der Waals surface area contributed by atoms with Crippen LogP contribution in [0, 0.1) is 0 Å². The molecule has 112 valence electrons. The Kier molecular flexibility index (Phi) is 5.82. The summed E-state index contributed by atoms with van der Waals surface area (Å²) in [6.07, 6.45) is -3.31. The monoisotopic (exact) mass is 290 g/mol. The number of carbonyl (C=O) groups is 1. The summed E-state index contributed by atoms with van der Waals surface area (Å²) in [5.41, 5.74) is -0.496. The molecule has 0 heterocycles. The van der Waals surface area contributed by atoms with Gasteiger partial charge in [-0.05, 0) is 37.1 Å². The van der Waals surface area contributed by atoms with Crippen LogP contribution in [0.3, 0.4) is 0 Å². The number of anilines is 1. The highest BCUT2D eigenvalue weighted by atomic mass is 19.4. The Morgan fingerprint density at radius 2 is 1.90 bits per heavy atom. The maximum atomic E-state index is 12.4. The standard InChI is InChI=1S/C13H17F3N2O2/c1-2-10(7-8-19)17-12(20)18-11-5-3-9(4-6-11)13(14,15)16/h3-6,10,19H,2,7-8H2,1H3,(H2,17,18,20). The second-order valence-electron chi connectivity index (χ2n) is 4.29. The molecular weight excluding hydrogens is 273 g/mol. The van der Waals surface area contributed by atoms with Gasteiger partial charge in [-0.2, -0.15) is 13.2 Å². The van der Waals surface area contributed by atoms with Crippen LogP contribution >= 0.6 is 0 Å². The van der Waals surface area contributed by atoms with E-state index in [0.717, 1.165) is 12.1 Å². The lowest BCUT2D eigenvalue weighted by Gasteiger charge is -2.16. The molecule has 0 aliphatic heterocycles. The number of rotatable bonds is 5. The van der Waals surface area contributed by atoms with Crippen LogP contribution < -0.4 is 10.6 Å². The highest BCUT2D eigenvalue weighted by molar-refractivity contribution is 5.89. The number of aliphatic hydroxyl groups excluding tert-OH is 1. The van der Waals surface area contributed by atoms with Crippen molar-refractivity contribution in [3.05, 3.63) is 29.8 Å². The number of hydrogen-bond donors (Lipinski definition) is 3. The van der Waals surface area contributed by atoms with E-state index in [4.69, 9.17) is 5.11 Å². The Morgan fingerprint density at radius 1 is 1.30 bits per heavy atom. The van der Waals surface area contributed by atoms with Gasteiger partial charge < -0.3 is 15.7 Å². The fourth-order valence-electron chi connectivity index (χ4n) is 1.63. The Balaban J connectivity index is 2.58. The van der Waals surface area contributed by atoms with E-state index in [1.165, 1.54) is 12.1 Å². The Hall–Kier alpha value is -1.76. The van der Waals surface area contributed by atoms with Gasteiger partial charge >= 0.3 is 12.2 Å². The predicted octanol–water partition coefficient (Wildman–Crippen LogP) is 2.99. The molecule has 0 saturated heterocycles. The number of carbonyl (C=O) groups excluding carboxylic acids is 1. The van der Waals surface area contributed by atoms with Crippen LogP contribution in [0.25, 0.3) is 0 Å². The van der Waals surface area contributed by atoms with Crippen molar-refractivity contribution in [3.8, 4) is 0 Å². The van der Waals surface area contributed by atoms with E-state index in [0.29, 0.717) is 12.8 Å². The Labute approximate surface area is 115 Å². The number of benzene rings is 1. The summed E-state index contributed by atoms with van der Waals surface area (Å²) in [5.74, 6) is 0. The predicted molar refractivity (Wildman–Crippen MR) is 69.4 cm³/mol. The largest absolute Gasteiger partial charge is 0.416 e. The Morgan fingerprint density at radius 3 is 2.35 bits per heavy atom. The second-order valence-corrected chi connectivity index (χ2v) is 4.29. The van der Waals surface area contributed by atoms with E-state index < -0.39 is 17.8 Å². The lowest BCUT2D eigenvalue weighted by molar-refractivity contribution is -0.137. The third kappa shape index (κ3) is 5.08. The number of aliphatic hydroxyl groups is 1. The molecule has 0 saturated carbocycles. The van der Waals surface area contributed by atoms with Gasteiger partial charge in [-0.3, -0.25) is 0 Å². The van der Waals surface area contributed by atoms with Gasteiger partial charge in [0.05, 0.1) is 5.56 Å². The first kappa shape index (κ1) is 16.3. The summed E-state index contributed by atoms with van der Waals surface area (Å²) >= 11 is 0. The minimum Gasteiger partial charge on any atom is -0.396 e. The van der Waals surface area contributed by atoms with Crippen molar-refractivity contribution < 1.29 is 23.1 Å². The fraction of sp³-hybridized carbons (Fsp3) is 0.462. The van der Waals surface area contributed by atoms with Crippen LogP contribution in [-0.4, -0.2) is 23.8 Å².